The Morgan fingerprint density at radius 2 is 2.08 bits per heavy atom. The lowest BCUT2D eigenvalue weighted by molar-refractivity contribution is 0.283. The van der Waals surface area contributed by atoms with Gasteiger partial charge in [-0.1, -0.05) is 13.8 Å². The first-order chi connectivity index (χ1) is 5.63. The van der Waals surface area contributed by atoms with Gasteiger partial charge in [-0.2, -0.15) is 0 Å². The Morgan fingerprint density at radius 3 is 2.50 bits per heavy atom. The van der Waals surface area contributed by atoms with Gasteiger partial charge in [0.1, 0.15) is 0 Å². The van der Waals surface area contributed by atoms with Gasteiger partial charge >= 0.3 is 0 Å². The summed E-state index contributed by atoms with van der Waals surface area (Å²) >= 11 is 0. The molecule has 1 aliphatic heterocycles. The van der Waals surface area contributed by atoms with Gasteiger partial charge in [0.25, 0.3) is 0 Å². The van der Waals surface area contributed by atoms with Crippen molar-refractivity contribution in [3.05, 3.63) is 0 Å². The highest BCUT2D eigenvalue weighted by atomic mass is 15.2. The van der Waals surface area contributed by atoms with Crippen molar-refractivity contribution in [2.75, 3.05) is 20.1 Å². The van der Waals surface area contributed by atoms with E-state index in [1.165, 1.54) is 25.9 Å². The first-order valence-corrected chi connectivity index (χ1v) is 5.05. The molecule has 2 heteroatoms. The van der Waals surface area contributed by atoms with Crippen LogP contribution in [0.5, 0.6) is 0 Å². The SMILES string of the molecule is CNC1CCN(C2CC2(C)C)C1. The number of hydrogen-bond donors (Lipinski definition) is 1. The third-order valence-corrected chi connectivity index (χ3v) is 3.53. The normalized spacial score (nSPS) is 40.2. The molecule has 2 nitrogen and oxygen atoms in total. The number of rotatable bonds is 2. The van der Waals surface area contributed by atoms with Gasteiger partial charge in [0.15, 0.2) is 0 Å². The molecular formula is C10H20N2. The van der Waals surface area contributed by atoms with Crippen LogP contribution in [0.25, 0.3) is 0 Å². The molecule has 1 aliphatic carbocycles. The monoisotopic (exact) mass is 168 g/mol. The first-order valence-electron chi connectivity index (χ1n) is 5.05. The minimum atomic E-state index is 0.614. The van der Waals surface area contributed by atoms with Crippen LogP contribution in [-0.4, -0.2) is 37.1 Å². The van der Waals surface area contributed by atoms with E-state index in [-0.39, 0.29) is 0 Å². The summed E-state index contributed by atoms with van der Waals surface area (Å²) in [5, 5.41) is 3.36. The second-order valence-corrected chi connectivity index (χ2v) is 4.98. The van der Waals surface area contributed by atoms with Crippen molar-refractivity contribution in [2.24, 2.45) is 5.41 Å². The van der Waals surface area contributed by atoms with E-state index < -0.39 is 0 Å². The quantitative estimate of drug-likeness (QED) is 0.663. The smallest absolute Gasteiger partial charge is 0.0204 e. The average molecular weight is 168 g/mol. The summed E-state index contributed by atoms with van der Waals surface area (Å²) in [6.45, 7) is 7.33. The highest BCUT2D eigenvalue weighted by Gasteiger charge is 2.50. The molecule has 0 aromatic carbocycles. The Balaban J connectivity index is 1.85. The van der Waals surface area contributed by atoms with Crippen molar-refractivity contribution in [1.82, 2.24) is 10.2 Å². The van der Waals surface area contributed by atoms with Crippen molar-refractivity contribution in [2.45, 2.75) is 38.8 Å². The molecule has 2 fully saturated rings. The van der Waals surface area contributed by atoms with Gasteiger partial charge in [-0.25, -0.2) is 0 Å². The summed E-state index contributed by atoms with van der Waals surface area (Å²) in [5.74, 6) is 0. The van der Waals surface area contributed by atoms with Crippen LogP contribution >= 0.6 is 0 Å². The van der Waals surface area contributed by atoms with E-state index in [2.05, 4.69) is 31.1 Å². The van der Waals surface area contributed by atoms with E-state index in [0.717, 1.165) is 12.1 Å². The van der Waals surface area contributed by atoms with Gasteiger partial charge in [0, 0.05) is 25.2 Å². The molecule has 1 heterocycles. The zero-order valence-corrected chi connectivity index (χ0v) is 8.43. The molecule has 0 radical (unpaired) electrons. The van der Waals surface area contributed by atoms with Crippen LogP contribution in [0, 0.1) is 5.41 Å². The molecule has 12 heavy (non-hydrogen) atoms. The molecule has 0 spiro atoms. The molecule has 1 N–H and O–H groups in total. The lowest BCUT2D eigenvalue weighted by atomic mass is 10.2. The van der Waals surface area contributed by atoms with Crippen LogP contribution in [0.2, 0.25) is 0 Å². The molecule has 0 aromatic heterocycles. The molecule has 2 aliphatic rings. The number of hydrogen-bond acceptors (Lipinski definition) is 2. The van der Waals surface area contributed by atoms with Crippen LogP contribution in [0.1, 0.15) is 26.7 Å². The van der Waals surface area contributed by atoms with Crippen molar-refractivity contribution in [1.29, 1.82) is 0 Å². The van der Waals surface area contributed by atoms with Crippen LogP contribution in [0.15, 0.2) is 0 Å². The van der Waals surface area contributed by atoms with Crippen molar-refractivity contribution in [3.63, 3.8) is 0 Å². The van der Waals surface area contributed by atoms with Gasteiger partial charge in [-0.15, -0.1) is 0 Å². The average Bonchev–Trinajstić information content (AvgIpc) is 2.52. The molecule has 2 unspecified atom stereocenters. The number of likely N-dealkylation sites (tertiary alicyclic amines) is 1. The fourth-order valence-electron chi connectivity index (χ4n) is 2.37. The fraction of sp³-hybridized carbons (Fsp3) is 1.00. The Morgan fingerprint density at radius 1 is 1.42 bits per heavy atom. The third-order valence-electron chi connectivity index (χ3n) is 3.53. The summed E-state index contributed by atoms with van der Waals surface area (Å²) < 4.78 is 0. The maximum Gasteiger partial charge on any atom is 0.0204 e. The first kappa shape index (κ1) is 8.52. The maximum absolute atomic E-state index is 3.36. The van der Waals surface area contributed by atoms with Crippen LogP contribution in [0.3, 0.4) is 0 Å². The van der Waals surface area contributed by atoms with Crippen LogP contribution < -0.4 is 5.32 Å². The topological polar surface area (TPSA) is 15.3 Å². The Labute approximate surface area is 75.3 Å². The van der Waals surface area contributed by atoms with Crippen LogP contribution in [0.4, 0.5) is 0 Å². The number of nitrogens with one attached hydrogen (secondary N) is 1. The molecular weight excluding hydrogens is 148 g/mol. The highest BCUT2D eigenvalue weighted by Crippen LogP contribution is 2.49. The lowest BCUT2D eigenvalue weighted by Gasteiger charge is -2.17. The van der Waals surface area contributed by atoms with E-state index in [9.17, 15) is 0 Å². The van der Waals surface area contributed by atoms with Crippen molar-refractivity contribution >= 4 is 0 Å². The lowest BCUT2D eigenvalue weighted by Crippen LogP contribution is -2.32. The van der Waals surface area contributed by atoms with Gasteiger partial charge in [-0.05, 0) is 25.3 Å². The van der Waals surface area contributed by atoms with E-state index in [4.69, 9.17) is 0 Å². The largest absolute Gasteiger partial charge is 0.316 e. The zero-order chi connectivity index (χ0) is 8.77. The Bertz CT molecular complexity index is 177. The summed E-state index contributed by atoms with van der Waals surface area (Å²) in [6.07, 6.45) is 2.74. The summed E-state index contributed by atoms with van der Waals surface area (Å²) in [7, 11) is 2.08. The molecule has 0 bridgehead atoms. The molecule has 0 amide bonds. The van der Waals surface area contributed by atoms with E-state index in [0.29, 0.717) is 5.41 Å². The second-order valence-electron chi connectivity index (χ2n) is 4.98. The minimum absolute atomic E-state index is 0.614. The predicted molar refractivity (Wildman–Crippen MR) is 51.2 cm³/mol. The zero-order valence-electron chi connectivity index (χ0n) is 8.43. The molecule has 2 rings (SSSR count). The summed E-state index contributed by atoms with van der Waals surface area (Å²) in [6, 6.07) is 1.64. The van der Waals surface area contributed by atoms with Crippen LogP contribution in [-0.2, 0) is 0 Å². The predicted octanol–water partition coefficient (Wildman–Crippen LogP) is 1.08. The number of nitrogens with zero attached hydrogens (tertiary/aromatic N) is 1. The Kier molecular flexibility index (Phi) is 1.92. The van der Waals surface area contributed by atoms with Gasteiger partial charge in [0.05, 0.1) is 0 Å². The molecule has 1 saturated heterocycles. The van der Waals surface area contributed by atoms with Crippen molar-refractivity contribution < 1.29 is 0 Å². The van der Waals surface area contributed by atoms with Crippen molar-refractivity contribution in [3.8, 4) is 0 Å². The minimum Gasteiger partial charge on any atom is -0.316 e. The highest BCUT2D eigenvalue weighted by molar-refractivity contribution is 5.05. The fourth-order valence-corrected chi connectivity index (χ4v) is 2.37. The number of likely N-dealkylation sites (N-methyl/N-ethyl adjacent to an activating group) is 1. The molecule has 70 valence electrons. The van der Waals surface area contributed by atoms with E-state index in [1.54, 1.807) is 0 Å². The van der Waals surface area contributed by atoms with Gasteiger partial charge in [-0.3, -0.25) is 4.90 Å². The van der Waals surface area contributed by atoms with Gasteiger partial charge < -0.3 is 5.32 Å². The third kappa shape index (κ3) is 1.38. The summed E-state index contributed by atoms with van der Waals surface area (Å²) in [4.78, 5) is 2.65. The molecule has 0 aromatic rings. The van der Waals surface area contributed by atoms with Gasteiger partial charge in [0.2, 0.25) is 0 Å². The summed E-state index contributed by atoms with van der Waals surface area (Å²) in [5.41, 5.74) is 0.614. The molecule has 1 saturated carbocycles. The standard InChI is InChI=1S/C10H20N2/c1-10(2)6-9(10)12-5-4-8(7-12)11-3/h8-9,11H,4-7H2,1-3H3. The molecule has 2 atom stereocenters. The van der Waals surface area contributed by atoms with E-state index in [1.807, 2.05) is 0 Å². The maximum atomic E-state index is 3.36. The Hall–Kier alpha value is -0.0800. The van der Waals surface area contributed by atoms with E-state index >= 15 is 0 Å². The second kappa shape index (κ2) is 2.71.